The van der Waals surface area contributed by atoms with Gasteiger partial charge in [-0.25, -0.2) is 0 Å². The second-order valence-electron chi connectivity index (χ2n) is 6.49. The van der Waals surface area contributed by atoms with E-state index in [4.69, 9.17) is 4.52 Å². The largest absolute Gasteiger partial charge is 0.393 e. The Labute approximate surface area is 141 Å². The molecule has 3 rings (SSSR count). The molecule has 24 heavy (non-hydrogen) atoms. The molecule has 2 heterocycles. The lowest BCUT2D eigenvalue weighted by molar-refractivity contribution is -0.123. The number of aryl methyl sites for hydroxylation is 2. The molecule has 0 radical (unpaired) electrons. The average Bonchev–Trinajstić information content (AvgIpc) is 2.87. The molecule has 0 aromatic carbocycles. The van der Waals surface area contributed by atoms with Gasteiger partial charge in [0, 0.05) is 18.2 Å². The van der Waals surface area contributed by atoms with Crippen LogP contribution >= 0.6 is 0 Å². The highest BCUT2D eigenvalue weighted by Gasteiger charge is 2.36. The van der Waals surface area contributed by atoms with Crippen LogP contribution in [-0.2, 0) is 11.2 Å². The van der Waals surface area contributed by atoms with E-state index < -0.39 is 0 Å². The number of carbonyl (C=O) groups excluding carboxylic acids is 1. The van der Waals surface area contributed by atoms with E-state index in [1.54, 1.807) is 6.20 Å². The summed E-state index contributed by atoms with van der Waals surface area (Å²) in [5.41, 5.74) is 2.68. The number of hydrogen-bond donors (Lipinski definition) is 2. The van der Waals surface area contributed by atoms with Crippen molar-refractivity contribution in [2.75, 3.05) is 0 Å². The van der Waals surface area contributed by atoms with Crippen LogP contribution in [0.3, 0.4) is 0 Å². The maximum absolute atomic E-state index is 12.4. The first-order valence-corrected chi connectivity index (χ1v) is 8.34. The van der Waals surface area contributed by atoms with Crippen molar-refractivity contribution >= 4 is 5.91 Å². The third-order valence-electron chi connectivity index (χ3n) is 4.73. The summed E-state index contributed by atoms with van der Waals surface area (Å²) in [4.78, 5) is 16.8. The summed E-state index contributed by atoms with van der Waals surface area (Å²) in [6, 6.07) is 5.55. The molecule has 1 amide bonds. The van der Waals surface area contributed by atoms with Crippen LogP contribution in [-0.4, -0.2) is 27.3 Å². The van der Waals surface area contributed by atoms with Crippen molar-refractivity contribution in [2.45, 2.75) is 51.7 Å². The van der Waals surface area contributed by atoms with Crippen LogP contribution in [0.25, 0.3) is 0 Å². The second-order valence-corrected chi connectivity index (χ2v) is 6.49. The Kier molecular flexibility index (Phi) is 4.94. The molecule has 1 aliphatic rings. The Morgan fingerprint density at radius 2 is 2.21 bits per heavy atom. The minimum atomic E-state index is -0.264. The minimum Gasteiger partial charge on any atom is -0.393 e. The van der Waals surface area contributed by atoms with Crippen molar-refractivity contribution in [2.24, 2.45) is 5.92 Å². The molecule has 2 aromatic rings. The molecule has 2 aromatic heterocycles. The van der Waals surface area contributed by atoms with Gasteiger partial charge in [-0.15, -0.1) is 0 Å². The number of pyridine rings is 1. The molecule has 0 bridgehead atoms. The molecule has 0 saturated heterocycles. The SMILES string of the molecule is Cc1noc(C)c1CCC(=O)NC(c1ccccn1)C1CC(O)C1. The molecule has 6 nitrogen and oxygen atoms in total. The molecular formula is C18H23N3O3. The lowest BCUT2D eigenvalue weighted by Gasteiger charge is -2.37. The summed E-state index contributed by atoms with van der Waals surface area (Å²) in [6.45, 7) is 3.75. The zero-order chi connectivity index (χ0) is 17.1. The Bertz CT molecular complexity index is 673. The third-order valence-corrected chi connectivity index (χ3v) is 4.73. The topological polar surface area (TPSA) is 88.3 Å². The third kappa shape index (κ3) is 3.64. The predicted octanol–water partition coefficient (Wildman–Crippen LogP) is 2.25. The zero-order valence-electron chi connectivity index (χ0n) is 14.0. The lowest BCUT2D eigenvalue weighted by atomic mass is 9.76. The molecule has 1 aliphatic carbocycles. The number of aliphatic hydroxyl groups excluding tert-OH is 1. The van der Waals surface area contributed by atoms with E-state index in [0.717, 1.165) is 22.7 Å². The standard InChI is InChI=1S/C18H23N3O3/c1-11-15(12(2)24-21-11)6-7-17(23)20-18(13-9-14(22)10-13)16-5-3-4-8-19-16/h3-5,8,13-14,18,22H,6-7,9-10H2,1-2H3,(H,20,23). The van der Waals surface area contributed by atoms with Gasteiger partial charge in [0.05, 0.1) is 23.5 Å². The van der Waals surface area contributed by atoms with Gasteiger partial charge < -0.3 is 14.9 Å². The fourth-order valence-electron chi connectivity index (χ4n) is 3.24. The first kappa shape index (κ1) is 16.6. The summed E-state index contributed by atoms with van der Waals surface area (Å²) in [6.07, 6.45) is 3.85. The fourth-order valence-corrected chi connectivity index (χ4v) is 3.24. The van der Waals surface area contributed by atoms with Crippen LogP contribution in [0.4, 0.5) is 0 Å². The maximum atomic E-state index is 12.4. The van der Waals surface area contributed by atoms with Crippen molar-refractivity contribution in [3.05, 3.63) is 47.1 Å². The van der Waals surface area contributed by atoms with E-state index in [2.05, 4.69) is 15.5 Å². The zero-order valence-corrected chi connectivity index (χ0v) is 14.0. The number of hydrogen-bond acceptors (Lipinski definition) is 5. The number of carbonyl (C=O) groups is 1. The van der Waals surface area contributed by atoms with E-state index >= 15 is 0 Å². The van der Waals surface area contributed by atoms with Crippen molar-refractivity contribution < 1.29 is 14.4 Å². The Hall–Kier alpha value is -2.21. The molecule has 128 valence electrons. The van der Waals surface area contributed by atoms with Crippen molar-refractivity contribution in [1.29, 1.82) is 0 Å². The van der Waals surface area contributed by atoms with Crippen LogP contribution in [0.1, 0.15) is 48.0 Å². The normalized spacial score (nSPS) is 21.1. The Morgan fingerprint density at radius 1 is 1.42 bits per heavy atom. The smallest absolute Gasteiger partial charge is 0.220 e. The van der Waals surface area contributed by atoms with Gasteiger partial charge >= 0.3 is 0 Å². The highest BCUT2D eigenvalue weighted by molar-refractivity contribution is 5.76. The summed E-state index contributed by atoms with van der Waals surface area (Å²) in [5.74, 6) is 0.980. The van der Waals surface area contributed by atoms with Crippen LogP contribution in [0.5, 0.6) is 0 Å². The molecule has 6 heteroatoms. The minimum absolute atomic E-state index is 0.0213. The van der Waals surface area contributed by atoms with E-state index in [9.17, 15) is 9.90 Å². The molecular weight excluding hydrogens is 306 g/mol. The number of nitrogens with zero attached hydrogens (tertiary/aromatic N) is 2. The number of rotatable bonds is 6. The lowest BCUT2D eigenvalue weighted by Crippen LogP contribution is -2.41. The summed E-state index contributed by atoms with van der Waals surface area (Å²) < 4.78 is 5.14. The summed E-state index contributed by atoms with van der Waals surface area (Å²) >= 11 is 0. The van der Waals surface area contributed by atoms with Crippen LogP contribution in [0.15, 0.2) is 28.9 Å². The van der Waals surface area contributed by atoms with Crippen molar-refractivity contribution in [1.82, 2.24) is 15.5 Å². The summed E-state index contributed by atoms with van der Waals surface area (Å²) in [7, 11) is 0. The van der Waals surface area contributed by atoms with Gasteiger partial charge in [-0.1, -0.05) is 11.2 Å². The quantitative estimate of drug-likeness (QED) is 0.848. The molecule has 1 saturated carbocycles. The van der Waals surface area contributed by atoms with Gasteiger partial charge in [0.15, 0.2) is 0 Å². The highest BCUT2D eigenvalue weighted by atomic mass is 16.5. The average molecular weight is 329 g/mol. The number of nitrogens with one attached hydrogen (secondary N) is 1. The molecule has 1 atom stereocenters. The number of amides is 1. The Balaban J connectivity index is 1.63. The number of aromatic nitrogens is 2. The monoisotopic (exact) mass is 329 g/mol. The van der Waals surface area contributed by atoms with Gasteiger partial charge in [-0.05, 0) is 51.2 Å². The molecule has 0 spiro atoms. The van der Waals surface area contributed by atoms with Gasteiger partial charge in [0.2, 0.25) is 5.91 Å². The fraction of sp³-hybridized carbons (Fsp3) is 0.500. The van der Waals surface area contributed by atoms with Crippen LogP contribution in [0.2, 0.25) is 0 Å². The Morgan fingerprint density at radius 3 is 2.79 bits per heavy atom. The van der Waals surface area contributed by atoms with Crippen LogP contribution < -0.4 is 5.32 Å². The molecule has 0 aliphatic heterocycles. The first-order chi connectivity index (χ1) is 11.5. The molecule has 1 fully saturated rings. The van der Waals surface area contributed by atoms with E-state index in [1.807, 2.05) is 32.0 Å². The highest BCUT2D eigenvalue weighted by Crippen LogP contribution is 2.37. The summed E-state index contributed by atoms with van der Waals surface area (Å²) in [5, 5.41) is 16.6. The predicted molar refractivity (Wildman–Crippen MR) is 88.1 cm³/mol. The van der Waals surface area contributed by atoms with Gasteiger partial charge in [0.25, 0.3) is 0 Å². The molecule has 1 unspecified atom stereocenters. The van der Waals surface area contributed by atoms with Gasteiger partial charge in [0.1, 0.15) is 5.76 Å². The van der Waals surface area contributed by atoms with Crippen molar-refractivity contribution in [3.63, 3.8) is 0 Å². The van der Waals surface area contributed by atoms with E-state index in [-0.39, 0.29) is 24.0 Å². The molecule has 2 N–H and O–H groups in total. The van der Waals surface area contributed by atoms with Gasteiger partial charge in [-0.2, -0.15) is 0 Å². The number of aliphatic hydroxyl groups is 1. The van der Waals surface area contributed by atoms with Gasteiger partial charge in [-0.3, -0.25) is 9.78 Å². The maximum Gasteiger partial charge on any atom is 0.220 e. The first-order valence-electron chi connectivity index (χ1n) is 8.34. The van der Waals surface area contributed by atoms with Crippen molar-refractivity contribution in [3.8, 4) is 0 Å². The van der Waals surface area contributed by atoms with Crippen LogP contribution in [0, 0.1) is 19.8 Å². The van der Waals surface area contributed by atoms with E-state index in [1.165, 1.54) is 0 Å². The second kappa shape index (κ2) is 7.13. The van der Waals surface area contributed by atoms with E-state index in [0.29, 0.717) is 25.7 Å².